The van der Waals surface area contributed by atoms with Crippen molar-refractivity contribution in [3.8, 4) is 0 Å². The van der Waals surface area contributed by atoms with Gasteiger partial charge in [0.15, 0.2) is 0 Å². The van der Waals surface area contributed by atoms with E-state index in [0.717, 1.165) is 14.7 Å². The number of hydrogen-bond donors (Lipinski definition) is 1. The molecule has 0 bridgehead atoms. The molecule has 0 heterocycles. The van der Waals surface area contributed by atoms with Crippen molar-refractivity contribution < 1.29 is 19.4 Å². The molecule has 0 radical (unpaired) electrons. The Hall–Kier alpha value is -2.09. The minimum absolute atomic E-state index is 0.230. The average molecular weight is 523 g/mol. The predicted octanol–water partition coefficient (Wildman–Crippen LogP) is 5.71. The van der Waals surface area contributed by atoms with Gasteiger partial charge in [-0.05, 0) is 71.0 Å². The first-order valence-electron chi connectivity index (χ1n) is 9.95. The number of carbonyl (C=O) groups is 2. The smallest absolute Gasteiger partial charge is 0.409 e. The molecule has 30 heavy (non-hydrogen) atoms. The van der Waals surface area contributed by atoms with E-state index >= 15 is 0 Å². The third kappa shape index (κ3) is 6.72. The Morgan fingerprint density at radius 3 is 2.30 bits per heavy atom. The van der Waals surface area contributed by atoms with Crippen LogP contribution in [-0.4, -0.2) is 35.7 Å². The number of carboxylic acid groups (broad SMARTS) is 1. The number of ether oxygens (including phenoxy) is 1. The maximum absolute atomic E-state index is 12.4. The summed E-state index contributed by atoms with van der Waals surface area (Å²) in [6, 6.07) is 17.2. The van der Waals surface area contributed by atoms with E-state index in [1.54, 1.807) is 18.9 Å². The van der Waals surface area contributed by atoms with Crippen LogP contribution in [0.2, 0.25) is 0 Å². The monoisotopic (exact) mass is 523 g/mol. The highest BCUT2D eigenvalue weighted by atomic mass is 127. The lowest BCUT2D eigenvalue weighted by atomic mass is 9.74. The highest BCUT2D eigenvalue weighted by molar-refractivity contribution is 14.1. The largest absolute Gasteiger partial charge is 0.481 e. The lowest BCUT2D eigenvalue weighted by Gasteiger charge is -2.34. The summed E-state index contributed by atoms with van der Waals surface area (Å²) in [6.45, 7) is 6.57. The van der Waals surface area contributed by atoms with E-state index in [0.29, 0.717) is 19.4 Å². The van der Waals surface area contributed by atoms with Gasteiger partial charge >= 0.3 is 12.1 Å². The second-order valence-electron chi connectivity index (χ2n) is 8.71. The minimum Gasteiger partial charge on any atom is -0.481 e. The van der Waals surface area contributed by atoms with Gasteiger partial charge in [-0.2, -0.15) is 0 Å². The van der Waals surface area contributed by atoms with Crippen LogP contribution in [0.5, 0.6) is 0 Å². The average Bonchev–Trinajstić information content (AvgIpc) is 2.70. The second kappa shape index (κ2) is 10.3. The van der Waals surface area contributed by atoms with Gasteiger partial charge in [-0.3, -0.25) is 4.79 Å². The number of amides is 1. The highest BCUT2D eigenvalue weighted by Crippen LogP contribution is 2.35. The zero-order chi connectivity index (χ0) is 22.4. The SMILES string of the molecule is CN(CC(C)(C)CCC(C)(C(=O)O)c1cccc(I)c1)C(=O)OCc1ccccc1. The van der Waals surface area contributed by atoms with E-state index in [-0.39, 0.29) is 18.1 Å². The molecule has 0 aliphatic carbocycles. The first-order chi connectivity index (χ1) is 14.0. The van der Waals surface area contributed by atoms with E-state index in [1.165, 1.54) is 0 Å². The molecule has 2 rings (SSSR count). The Balaban J connectivity index is 1.97. The Morgan fingerprint density at radius 1 is 1.03 bits per heavy atom. The zero-order valence-corrected chi connectivity index (χ0v) is 20.2. The number of halogens is 1. The Labute approximate surface area is 192 Å². The number of carbonyl (C=O) groups excluding carboxylic acids is 1. The van der Waals surface area contributed by atoms with Crippen molar-refractivity contribution in [1.29, 1.82) is 0 Å². The van der Waals surface area contributed by atoms with Crippen LogP contribution in [0.15, 0.2) is 54.6 Å². The molecule has 0 aliphatic rings. The molecule has 0 aliphatic heterocycles. The van der Waals surface area contributed by atoms with Crippen molar-refractivity contribution >= 4 is 34.7 Å². The second-order valence-corrected chi connectivity index (χ2v) is 9.95. The van der Waals surface area contributed by atoms with E-state index in [1.807, 2.05) is 68.4 Å². The third-order valence-electron chi connectivity index (χ3n) is 5.42. The van der Waals surface area contributed by atoms with Crippen LogP contribution in [0.1, 0.15) is 44.7 Å². The van der Waals surface area contributed by atoms with E-state index < -0.39 is 11.4 Å². The topological polar surface area (TPSA) is 66.8 Å². The molecule has 0 saturated carbocycles. The van der Waals surface area contributed by atoms with Crippen LogP contribution in [-0.2, 0) is 21.6 Å². The predicted molar refractivity (Wildman–Crippen MR) is 126 cm³/mol. The molecule has 5 nitrogen and oxygen atoms in total. The van der Waals surface area contributed by atoms with Gasteiger partial charge in [0.25, 0.3) is 0 Å². The van der Waals surface area contributed by atoms with E-state index in [4.69, 9.17) is 4.74 Å². The fraction of sp³-hybridized carbons (Fsp3) is 0.417. The van der Waals surface area contributed by atoms with E-state index in [9.17, 15) is 14.7 Å². The van der Waals surface area contributed by atoms with Crippen LogP contribution in [0.25, 0.3) is 0 Å². The molecular weight excluding hydrogens is 493 g/mol. The first kappa shape index (κ1) is 24.2. The van der Waals surface area contributed by atoms with Crippen molar-refractivity contribution in [2.75, 3.05) is 13.6 Å². The summed E-state index contributed by atoms with van der Waals surface area (Å²) in [5.74, 6) is -0.837. The molecule has 1 atom stereocenters. The summed E-state index contributed by atoms with van der Waals surface area (Å²) in [4.78, 5) is 26.0. The standard InChI is InChI=1S/C24H30INO4/c1-23(2,17-26(4)22(29)30-16-18-9-6-5-7-10-18)13-14-24(3,21(27)28)19-11-8-12-20(25)15-19/h5-12,15H,13-14,16-17H2,1-4H3,(H,27,28). The molecule has 1 N–H and O–H groups in total. The Morgan fingerprint density at radius 2 is 1.70 bits per heavy atom. The molecule has 0 aromatic heterocycles. The van der Waals surface area contributed by atoms with Gasteiger partial charge in [-0.25, -0.2) is 4.79 Å². The van der Waals surface area contributed by atoms with Crippen LogP contribution < -0.4 is 0 Å². The normalized spacial score (nSPS) is 13.4. The Kier molecular flexibility index (Phi) is 8.29. The maximum atomic E-state index is 12.4. The number of benzene rings is 2. The molecular formula is C24H30INO4. The van der Waals surface area contributed by atoms with Crippen LogP contribution in [0.4, 0.5) is 4.79 Å². The number of rotatable bonds is 9. The summed E-state index contributed by atoms with van der Waals surface area (Å²) in [5, 5.41) is 9.94. The van der Waals surface area contributed by atoms with Crippen LogP contribution in [0.3, 0.4) is 0 Å². The van der Waals surface area contributed by atoms with Crippen molar-refractivity contribution in [2.45, 2.75) is 45.6 Å². The zero-order valence-electron chi connectivity index (χ0n) is 18.0. The fourth-order valence-electron chi connectivity index (χ4n) is 3.41. The summed E-state index contributed by atoms with van der Waals surface area (Å²) in [7, 11) is 1.71. The van der Waals surface area contributed by atoms with Gasteiger partial charge in [0.05, 0.1) is 5.41 Å². The highest BCUT2D eigenvalue weighted by Gasteiger charge is 2.37. The summed E-state index contributed by atoms with van der Waals surface area (Å²) in [5.41, 5.74) is 0.492. The van der Waals surface area contributed by atoms with Crippen molar-refractivity contribution in [3.05, 3.63) is 69.3 Å². The van der Waals surface area contributed by atoms with Gasteiger partial charge < -0.3 is 14.7 Å². The molecule has 0 spiro atoms. The third-order valence-corrected chi connectivity index (χ3v) is 6.09. The van der Waals surface area contributed by atoms with Crippen molar-refractivity contribution in [2.24, 2.45) is 5.41 Å². The summed E-state index contributed by atoms with van der Waals surface area (Å²) in [6.07, 6.45) is 0.741. The molecule has 0 saturated heterocycles. The fourth-order valence-corrected chi connectivity index (χ4v) is 3.95. The van der Waals surface area contributed by atoms with Gasteiger partial charge in [0.1, 0.15) is 6.61 Å². The van der Waals surface area contributed by atoms with E-state index in [2.05, 4.69) is 22.6 Å². The first-order valence-corrected chi connectivity index (χ1v) is 11.0. The number of nitrogens with zero attached hydrogens (tertiary/aromatic N) is 1. The molecule has 1 amide bonds. The number of carboxylic acids is 1. The summed E-state index contributed by atoms with van der Waals surface area (Å²) < 4.78 is 6.41. The van der Waals surface area contributed by atoms with Crippen LogP contribution in [0, 0.1) is 8.99 Å². The molecule has 6 heteroatoms. The molecule has 1 unspecified atom stereocenters. The number of hydrogen-bond acceptors (Lipinski definition) is 3. The van der Waals surface area contributed by atoms with Crippen molar-refractivity contribution in [1.82, 2.24) is 4.90 Å². The molecule has 2 aromatic carbocycles. The Bertz CT molecular complexity index is 869. The van der Waals surface area contributed by atoms with Gasteiger partial charge in [-0.1, -0.05) is 56.3 Å². The van der Waals surface area contributed by atoms with Gasteiger partial charge in [0, 0.05) is 17.2 Å². The van der Waals surface area contributed by atoms with Crippen LogP contribution >= 0.6 is 22.6 Å². The quantitative estimate of drug-likeness (QED) is 0.428. The van der Waals surface area contributed by atoms with Gasteiger partial charge in [0.2, 0.25) is 0 Å². The van der Waals surface area contributed by atoms with Gasteiger partial charge in [-0.15, -0.1) is 0 Å². The molecule has 0 fully saturated rings. The lowest BCUT2D eigenvalue weighted by molar-refractivity contribution is -0.143. The lowest BCUT2D eigenvalue weighted by Crippen LogP contribution is -2.39. The molecule has 2 aromatic rings. The molecule has 162 valence electrons. The summed E-state index contributed by atoms with van der Waals surface area (Å²) >= 11 is 2.20. The maximum Gasteiger partial charge on any atom is 0.409 e. The minimum atomic E-state index is -0.981. The van der Waals surface area contributed by atoms with Crippen molar-refractivity contribution in [3.63, 3.8) is 0 Å². The number of aliphatic carboxylic acids is 1.